The lowest BCUT2D eigenvalue weighted by molar-refractivity contribution is 0.144. The van der Waals surface area contributed by atoms with E-state index in [2.05, 4.69) is 29.6 Å². The van der Waals surface area contributed by atoms with Crippen molar-refractivity contribution in [2.45, 2.75) is 11.8 Å². The Kier molecular flexibility index (Phi) is 6.15. The average Bonchev–Trinajstić information content (AvgIpc) is 3.09. The van der Waals surface area contributed by atoms with Crippen LogP contribution in [0.5, 0.6) is 0 Å². The van der Waals surface area contributed by atoms with Crippen LogP contribution in [0.15, 0.2) is 72.8 Å². The normalized spacial score (nSPS) is 12.6. The predicted octanol–water partition coefficient (Wildman–Crippen LogP) is 6.12. The molecule has 152 valence electrons. The number of hydrogen-bond donors (Lipinski definition) is 1. The Morgan fingerprint density at radius 2 is 1.70 bits per heavy atom. The molecule has 5 heteroatoms. The molecule has 3 nitrogen and oxygen atoms in total. The van der Waals surface area contributed by atoms with E-state index in [1.807, 2.05) is 24.3 Å². The van der Waals surface area contributed by atoms with Crippen molar-refractivity contribution in [3.05, 3.63) is 101 Å². The van der Waals surface area contributed by atoms with Gasteiger partial charge < -0.3 is 10.1 Å². The highest BCUT2D eigenvalue weighted by Gasteiger charge is 2.28. The molecule has 0 bridgehead atoms. The van der Waals surface area contributed by atoms with Gasteiger partial charge in [-0.15, -0.1) is 11.6 Å². The molecule has 0 aliphatic heterocycles. The van der Waals surface area contributed by atoms with Gasteiger partial charge >= 0.3 is 6.09 Å². The first kappa shape index (κ1) is 20.2. The van der Waals surface area contributed by atoms with Crippen LogP contribution < -0.4 is 5.32 Å². The van der Waals surface area contributed by atoms with Crippen LogP contribution in [0.3, 0.4) is 0 Å². The third kappa shape index (κ3) is 4.24. The molecule has 0 fully saturated rings. The molecule has 4 rings (SSSR count). The molecule has 0 radical (unpaired) electrons. The second-order valence-electron chi connectivity index (χ2n) is 7.09. The van der Waals surface area contributed by atoms with Gasteiger partial charge in [-0.3, -0.25) is 0 Å². The maximum atomic E-state index is 13.7. The van der Waals surface area contributed by atoms with E-state index in [1.54, 1.807) is 24.3 Å². The van der Waals surface area contributed by atoms with E-state index in [4.69, 9.17) is 16.3 Å². The fourth-order valence-corrected chi connectivity index (χ4v) is 3.98. The molecule has 0 unspecified atom stereocenters. The topological polar surface area (TPSA) is 38.3 Å². The molecule has 1 aliphatic carbocycles. The third-order valence-corrected chi connectivity index (χ3v) is 5.53. The molecule has 1 amide bonds. The lowest BCUT2D eigenvalue weighted by Crippen LogP contribution is -2.26. The summed E-state index contributed by atoms with van der Waals surface area (Å²) in [7, 11) is 0. The molecule has 0 spiro atoms. The Morgan fingerprint density at radius 1 is 1.03 bits per heavy atom. The molecule has 3 aromatic carbocycles. The van der Waals surface area contributed by atoms with E-state index < -0.39 is 6.09 Å². The van der Waals surface area contributed by atoms with E-state index >= 15 is 0 Å². The standard InChI is InChI=1S/C25H21ClFNO2/c26-15-18-12-11-17(14-24(18)27)6-5-13-28-25(29)30-16-23-21-9-3-1-7-19(21)20-8-2-4-10-22(20)23/h1-12,14,23H,13,15-16H2,(H,28,29). The summed E-state index contributed by atoms with van der Waals surface area (Å²) < 4.78 is 19.2. The number of hydrogen-bond acceptors (Lipinski definition) is 2. The second kappa shape index (κ2) is 9.14. The van der Waals surface area contributed by atoms with Crippen LogP contribution in [0, 0.1) is 5.82 Å². The SMILES string of the molecule is O=C(NCC=Cc1ccc(CCl)c(F)c1)OCC1c2ccccc2-c2ccccc21. The number of benzene rings is 3. The van der Waals surface area contributed by atoms with Crippen LogP contribution in [0.25, 0.3) is 17.2 Å². The number of carbonyl (C=O) groups excluding carboxylic acids is 1. The molecule has 1 aliphatic rings. The van der Waals surface area contributed by atoms with Crippen LogP contribution in [-0.4, -0.2) is 19.2 Å². The summed E-state index contributed by atoms with van der Waals surface area (Å²) in [6.45, 7) is 0.560. The Hall–Kier alpha value is -3.11. The first-order valence-electron chi connectivity index (χ1n) is 9.77. The van der Waals surface area contributed by atoms with Gasteiger partial charge in [-0.25, -0.2) is 9.18 Å². The van der Waals surface area contributed by atoms with Crippen LogP contribution in [0.4, 0.5) is 9.18 Å². The highest BCUT2D eigenvalue weighted by Crippen LogP contribution is 2.44. The van der Waals surface area contributed by atoms with Crippen molar-refractivity contribution in [2.75, 3.05) is 13.2 Å². The van der Waals surface area contributed by atoms with E-state index in [1.165, 1.54) is 28.3 Å². The lowest BCUT2D eigenvalue weighted by atomic mass is 9.98. The fourth-order valence-electron chi connectivity index (χ4n) is 3.76. The van der Waals surface area contributed by atoms with Gasteiger partial charge in [-0.05, 0) is 33.9 Å². The number of alkyl carbamates (subject to hydrolysis) is 1. The average molecular weight is 422 g/mol. The quantitative estimate of drug-likeness (QED) is 0.487. The minimum atomic E-state index is -0.481. The van der Waals surface area contributed by atoms with Gasteiger partial charge in [0, 0.05) is 18.0 Å². The van der Waals surface area contributed by atoms with Crippen molar-refractivity contribution in [2.24, 2.45) is 0 Å². The summed E-state index contributed by atoms with van der Waals surface area (Å²) in [5, 5.41) is 2.70. The highest BCUT2D eigenvalue weighted by atomic mass is 35.5. The van der Waals surface area contributed by atoms with E-state index in [0.717, 1.165) is 0 Å². The van der Waals surface area contributed by atoms with Crippen molar-refractivity contribution in [1.29, 1.82) is 0 Å². The molecule has 0 atom stereocenters. The number of amides is 1. The summed E-state index contributed by atoms with van der Waals surface area (Å²) >= 11 is 5.66. The zero-order chi connectivity index (χ0) is 20.9. The zero-order valence-electron chi connectivity index (χ0n) is 16.3. The number of rotatable bonds is 6. The Balaban J connectivity index is 1.32. The van der Waals surface area contributed by atoms with Gasteiger partial charge in [0.25, 0.3) is 0 Å². The largest absolute Gasteiger partial charge is 0.449 e. The number of fused-ring (bicyclic) bond motifs is 3. The van der Waals surface area contributed by atoms with Gasteiger partial charge in [-0.1, -0.05) is 72.8 Å². The number of carbonyl (C=O) groups is 1. The summed E-state index contributed by atoms with van der Waals surface area (Å²) in [4.78, 5) is 12.1. The van der Waals surface area contributed by atoms with Crippen LogP contribution >= 0.6 is 11.6 Å². The first-order chi connectivity index (χ1) is 14.7. The molecule has 30 heavy (non-hydrogen) atoms. The van der Waals surface area contributed by atoms with Gasteiger partial charge in [0.2, 0.25) is 0 Å². The van der Waals surface area contributed by atoms with Crippen LogP contribution in [0.2, 0.25) is 0 Å². The van der Waals surface area contributed by atoms with Gasteiger partial charge in [0.15, 0.2) is 0 Å². The molecular formula is C25H21ClFNO2. The van der Waals surface area contributed by atoms with Gasteiger partial charge in [-0.2, -0.15) is 0 Å². The summed E-state index contributed by atoms with van der Waals surface area (Å²) in [6.07, 6.45) is 3.01. The molecule has 0 saturated heterocycles. The number of halogens is 2. The molecular weight excluding hydrogens is 401 g/mol. The van der Waals surface area contributed by atoms with Crippen molar-refractivity contribution < 1.29 is 13.9 Å². The number of ether oxygens (including phenoxy) is 1. The van der Waals surface area contributed by atoms with Crippen molar-refractivity contribution in [3.8, 4) is 11.1 Å². The van der Waals surface area contributed by atoms with Gasteiger partial charge in [0.05, 0.1) is 5.88 Å². The summed E-state index contributed by atoms with van der Waals surface area (Å²) in [5.41, 5.74) is 5.90. The van der Waals surface area contributed by atoms with Gasteiger partial charge in [0.1, 0.15) is 12.4 Å². The minimum Gasteiger partial charge on any atom is -0.449 e. The minimum absolute atomic E-state index is 0.0297. The monoisotopic (exact) mass is 421 g/mol. The van der Waals surface area contributed by atoms with Crippen molar-refractivity contribution >= 4 is 23.8 Å². The smallest absolute Gasteiger partial charge is 0.407 e. The maximum Gasteiger partial charge on any atom is 0.407 e. The summed E-state index contributed by atoms with van der Waals surface area (Å²) in [6, 6.07) is 21.3. The highest BCUT2D eigenvalue weighted by molar-refractivity contribution is 6.17. The second-order valence-corrected chi connectivity index (χ2v) is 7.36. The maximum absolute atomic E-state index is 13.7. The summed E-state index contributed by atoms with van der Waals surface area (Å²) in [5.74, 6) is -0.169. The zero-order valence-corrected chi connectivity index (χ0v) is 17.0. The van der Waals surface area contributed by atoms with E-state index in [9.17, 15) is 9.18 Å². The number of alkyl halides is 1. The van der Waals surface area contributed by atoms with Crippen LogP contribution in [0.1, 0.15) is 28.2 Å². The molecule has 1 N–H and O–H groups in total. The van der Waals surface area contributed by atoms with Crippen LogP contribution in [-0.2, 0) is 10.6 Å². The number of nitrogens with one attached hydrogen (secondary N) is 1. The lowest BCUT2D eigenvalue weighted by Gasteiger charge is -2.14. The van der Waals surface area contributed by atoms with E-state index in [0.29, 0.717) is 11.1 Å². The molecule has 0 heterocycles. The first-order valence-corrected chi connectivity index (χ1v) is 10.3. The molecule has 0 saturated carbocycles. The van der Waals surface area contributed by atoms with Crippen molar-refractivity contribution in [1.82, 2.24) is 5.32 Å². The molecule has 3 aromatic rings. The van der Waals surface area contributed by atoms with Crippen molar-refractivity contribution in [3.63, 3.8) is 0 Å². The Morgan fingerprint density at radius 3 is 2.33 bits per heavy atom. The Bertz CT molecular complexity index is 1050. The fraction of sp³-hybridized carbons (Fsp3) is 0.160. The third-order valence-electron chi connectivity index (χ3n) is 5.24. The molecule has 0 aromatic heterocycles. The Labute approximate surface area is 180 Å². The predicted molar refractivity (Wildman–Crippen MR) is 118 cm³/mol. The van der Waals surface area contributed by atoms with E-state index in [-0.39, 0.29) is 30.8 Å².